The average Bonchev–Trinajstić information content (AvgIpc) is 2.85. The molecule has 0 radical (unpaired) electrons. The van der Waals surface area contributed by atoms with Gasteiger partial charge in [0.05, 0.1) is 12.3 Å². The van der Waals surface area contributed by atoms with Crippen molar-refractivity contribution in [1.29, 1.82) is 0 Å². The first-order chi connectivity index (χ1) is 8.10. The normalized spacial score (nSPS) is 12.9. The first kappa shape index (κ1) is 12.3. The van der Waals surface area contributed by atoms with Gasteiger partial charge in [0, 0.05) is 28.9 Å². The number of hydrogen-bond acceptors (Lipinski definition) is 3. The van der Waals surface area contributed by atoms with Crippen molar-refractivity contribution in [3.05, 3.63) is 39.3 Å². The zero-order chi connectivity index (χ0) is 12.4. The third-order valence-corrected chi connectivity index (χ3v) is 3.86. The molecule has 0 saturated carbocycles. The molecule has 0 aromatic carbocycles. The molecule has 0 aliphatic heterocycles. The summed E-state index contributed by atoms with van der Waals surface area (Å²) in [6, 6.07) is 2.08. The largest absolute Gasteiger partial charge is 0.388 e. The van der Waals surface area contributed by atoms with E-state index in [-0.39, 0.29) is 0 Å². The molecular formula is C13H18N2OS. The van der Waals surface area contributed by atoms with Gasteiger partial charge in [-0.2, -0.15) is 5.10 Å². The van der Waals surface area contributed by atoms with Gasteiger partial charge in [-0.1, -0.05) is 0 Å². The van der Waals surface area contributed by atoms with Crippen molar-refractivity contribution < 1.29 is 5.11 Å². The Morgan fingerprint density at radius 1 is 1.47 bits per heavy atom. The molecule has 1 unspecified atom stereocenters. The second-order valence-corrected chi connectivity index (χ2v) is 5.75. The van der Waals surface area contributed by atoms with Gasteiger partial charge < -0.3 is 5.11 Å². The number of aromatic nitrogens is 2. The van der Waals surface area contributed by atoms with Gasteiger partial charge in [-0.25, -0.2) is 0 Å². The second kappa shape index (κ2) is 5.02. The Morgan fingerprint density at radius 2 is 2.24 bits per heavy atom. The summed E-state index contributed by atoms with van der Waals surface area (Å²) < 4.78 is 1.88. The minimum atomic E-state index is -0.422. The van der Waals surface area contributed by atoms with Gasteiger partial charge in [-0.3, -0.25) is 4.68 Å². The fourth-order valence-corrected chi connectivity index (χ4v) is 2.98. The van der Waals surface area contributed by atoms with E-state index in [4.69, 9.17) is 0 Å². The van der Waals surface area contributed by atoms with Crippen LogP contribution >= 0.6 is 11.3 Å². The highest BCUT2D eigenvalue weighted by Gasteiger charge is 2.14. The van der Waals surface area contributed by atoms with E-state index >= 15 is 0 Å². The van der Waals surface area contributed by atoms with Crippen LogP contribution in [0.3, 0.4) is 0 Å². The maximum absolute atomic E-state index is 10.2. The van der Waals surface area contributed by atoms with Crippen molar-refractivity contribution >= 4 is 11.3 Å². The number of thiophene rings is 1. The van der Waals surface area contributed by atoms with Crippen LogP contribution < -0.4 is 0 Å². The molecule has 0 amide bonds. The molecule has 4 heteroatoms. The van der Waals surface area contributed by atoms with Gasteiger partial charge >= 0.3 is 0 Å². The quantitative estimate of drug-likeness (QED) is 0.906. The molecule has 0 bridgehead atoms. The zero-order valence-electron chi connectivity index (χ0n) is 10.5. The van der Waals surface area contributed by atoms with Crippen LogP contribution in [0.4, 0.5) is 0 Å². The lowest BCUT2D eigenvalue weighted by Gasteiger charge is -2.08. The van der Waals surface area contributed by atoms with Crippen molar-refractivity contribution in [2.75, 3.05) is 0 Å². The van der Waals surface area contributed by atoms with Crippen molar-refractivity contribution in [1.82, 2.24) is 9.78 Å². The van der Waals surface area contributed by atoms with Crippen LogP contribution in [0, 0.1) is 13.8 Å². The maximum Gasteiger partial charge on any atom is 0.0842 e. The number of nitrogens with zero attached hydrogens (tertiary/aromatic N) is 2. The molecule has 2 rings (SSSR count). The summed E-state index contributed by atoms with van der Waals surface area (Å²) in [6.07, 6.45) is 4.05. The van der Waals surface area contributed by atoms with Gasteiger partial charge in [0.25, 0.3) is 0 Å². The Hall–Kier alpha value is -1.13. The topological polar surface area (TPSA) is 38.0 Å². The molecule has 2 aromatic rings. The van der Waals surface area contributed by atoms with Crippen LogP contribution in [0.15, 0.2) is 18.5 Å². The van der Waals surface area contributed by atoms with Crippen LogP contribution in [-0.4, -0.2) is 14.9 Å². The molecule has 0 aliphatic rings. The maximum atomic E-state index is 10.2. The van der Waals surface area contributed by atoms with E-state index in [1.807, 2.05) is 17.1 Å². The number of aliphatic hydroxyl groups excluding tert-OH is 1. The fraction of sp³-hybridized carbons (Fsp3) is 0.462. The van der Waals surface area contributed by atoms with Crippen LogP contribution in [-0.2, 0) is 13.0 Å². The summed E-state index contributed by atoms with van der Waals surface area (Å²) in [7, 11) is 0. The standard InChI is InChI=1S/C13H18N2OS/c1-4-15-8-11(7-14-15)6-13(16)12-5-9(2)17-10(12)3/h5,7-8,13,16H,4,6H2,1-3H3. The smallest absolute Gasteiger partial charge is 0.0842 e. The Morgan fingerprint density at radius 3 is 2.76 bits per heavy atom. The lowest BCUT2D eigenvalue weighted by atomic mass is 10.0. The molecule has 2 heterocycles. The Bertz CT molecular complexity index is 501. The Labute approximate surface area is 106 Å². The van der Waals surface area contributed by atoms with Crippen molar-refractivity contribution in [3.63, 3.8) is 0 Å². The molecule has 2 aromatic heterocycles. The highest BCUT2D eigenvalue weighted by Crippen LogP contribution is 2.28. The summed E-state index contributed by atoms with van der Waals surface area (Å²) >= 11 is 1.74. The summed E-state index contributed by atoms with van der Waals surface area (Å²) in [6.45, 7) is 7.06. The van der Waals surface area contributed by atoms with Crippen LogP contribution in [0.1, 0.15) is 33.9 Å². The van der Waals surface area contributed by atoms with Crippen molar-refractivity contribution in [3.8, 4) is 0 Å². The van der Waals surface area contributed by atoms with E-state index in [0.29, 0.717) is 6.42 Å². The molecule has 0 saturated heterocycles. The van der Waals surface area contributed by atoms with Crippen molar-refractivity contribution in [2.24, 2.45) is 0 Å². The summed E-state index contributed by atoms with van der Waals surface area (Å²) in [4.78, 5) is 2.46. The highest BCUT2D eigenvalue weighted by molar-refractivity contribution is 7.12. The van der Waals surface area contributed by atoms with Gasteiger partial charge in [-0.15, -0.1) is 11.3 Å². The van der Waals surface area contributed by atoms with Crippen LogP contribution in [0.25, 0.3) is 0 Å². The average molecular weight is 250 g/mol. The fourth-order valence-electron chi connectivity index (χ4n) is 2.00. The molecule has 0 spiro atoms. The molecule has 92 valence electrons. The lowest BCUT2D eigenvalue weighted by molar-refractivity contribution is 0.178. The molecule has 1 N–H and O–H groups in total. The predicted octanol–water partition coefficient (Wildman–Crippen LogP) is 2.86. The van der Waals surface area contributed by atoms with E-state index in [9.17, 15) is 5.11 Å². The number of rotatable bonds is 4. The molecular weight excluding hydrogens is 232 g/mol. The highest BCUT2D eigenvalue weighted by atomic mass is 32.1. The first-order valence-electron chi connectivity index (χ1n) is 5.86. The Balaban J connectivity index is 2.11. The first-order valence-corrected chi connectivity index (χ1v) is 6.68. The molecule has 0 fully saturated rings. The molecule has 17 heavy (non-hydrogen) atoms. The SMILES string of the molecule is CCn1cc(CC(O)c2cc(C)sc2C)cn1. The monoisotopic (exact) mass is 250 g/mol. The van der Waals surface area contributed by atoms with Crippen LogP contribution in [0.2, 0.25) is 0 Å². The minimum Gasteiger partial charge on any atom is -0.388 e. The number of hydrogen-bond donors (Lipinski definition) is 1. The second-order valence-electron chi connectivity index (χ2n) is 4.29. The third kappa shape index (κ3) is 2.76. The number of aliphatic hydroxyl groups is 1. The zero-order valence-corrected chi connectivity index (χ0v) is 11.3. The summed E-state index contributed by atoms with van der Waals surface area (Å²) in [5.41, 5.74) is 2.14. The van der Waals surface area contributed by atoms with E-state index in [1.165, 1.54) is 9.75 Å². The van der Waals surface area contributed by atoms with Crippen LogP contribution in [0.5, 0.6) is 0 Å². The van der Waals surface area contributed by atoms with E-state index in [2.05, 4.69) is 31.9 Å². The van der Waals surface area contributed by atoms with E-state index < -0.39 is 6.10 Å². The van der Waals surface area contributed by atoms with Gasteiger partial charge in [0.1, 0.15) is 0 Å². The number of aryl methyl sites for hydroxylation is 3. The molecule has 3 nitrogen and oxygen atoms in total. The van der Waals surface area contributed by atoms with E-state index in [1.54, 1.807) is 11.3 Å². The van der Waals surface area contributed by atoms with Crippen molar-refractivity contribution in [2.45, 2.75) is 39.8 Å². The van der Waals surface area contributed by atoms with E-state index in [0.717, 1.165) is 17.7 Å². The summed E-state index contributed by atoms with van der Waals surface area (Å²) in [5, 5.41) is 14.4. The van der Waals surface area contributed by atoms with Gasteiger partial charge in [0.15, 0.2) is 0 Å². The third-order valence-electron chi connectivity index (χ3n) is 2.88. The lowest BCUT2D eigenvalue weighted by Crippen LogP contribution is -2.01. The van der Waals surface area contributed by atoms with Gasteiger partial charge in [-0.05, 0) is 38.0 Å². The Kier molecular flexibility index (Phi) is 3.64. The predicted molar refractivity (Wildman–Crippen MR) is 70.4 cm³/mol. The van der Waals surface area contributed by atoms with Gasteiger partial charge in [0.2, 0.25) is 0 Å². The summed E-state index contributed by atoms with van der Waals surface area (Å²) in [5.74, 6) is 0. The minimum absolute atomic E-state index is 0.422. The molecule has 1 atom stereocenters. The molecule has 0 aliphatic carbocycles.